The van der Waals surface area contributed by atoms with Crippen LogP contribution in [0.1, 0.15) is 30.9 Å². The van der Waals surface area contributed by atoms with E-state index >= 15 is 0 Å². The molecule has 9 heteroatoms. The molecule has 3 saturated heterocycles. The zero-order valence-electron chi connectivity index (χ0n) is 22.2. The molecule has 2 amide bonds. The predicted molar refractivity (Wildman–Crippen MR) is 150 cm³/mol. The van der Waals surface area contributed by atoms with Gasteiger partial charge in [-0.3, -0.25) is 14.4 Å². The van der Waals surface area contributed by atoms with Crippen LogP contribution in [0.5, 0.6) is 0 Å². The quantitative estimate of drug-likeness (QED) is 0.251. The van der Waals surface area contributed by atoms with Crippen molar-refractivity contribution in [2.45, 2.75) is 43.1 Å². The summed E-state index contributed by atoms with van der Waals surface area (Å²) in [4.78, 5) is 45.3. The summed E-state index contributed by atoms with van der Waals surface area (Å²) in [6.07, 6.45) is 4.15. The zero-order valence-corrected chi connectivity index (χ0v) is 22.9. The Hall–Kier alpha value is -3.46. The summed E-state index contributed by atoms with van der Waals surface area (Å²) in [5.41, 5.74) is 0.0123. The van der Waals surface area contributed by atoms with E-state index in [4.69, 9.17) is 21.1 Å². The highest BCUT2D eigenvalue weighted by molar-refractivity contribution is 6.30. The number of aliphatic hydroxyl groups excluding tert-OH is 1. The fourth-order valence-electron chi connectivity index (χ4n) is 6.56. The molecular formula is C31H33ClN2O6. The number of rotatable bonds is 11. The first kappa shape index (κ1) is 28.1. The molecule has 5 rings (SSSR count). The van der Waals surface area contributed by atoms with Crippen molar-refractivity contribution in [3.63, 3.8) is 0 Å². The third-order valence-corrected chi connectivity index (χ3v) is 8.47. The Labute approximate surface area is 238 Å². The van der Waals surface area contributed by atoms with Crippen LogP contribution < -0.4 is 4.90 Å². The van der Waals surface area contributed by atoms with Crippen molar-refractivity contribution in [1.82, 2.24) is 4.90 Å². The highest BCUT2D eigenvalue weighted by Crippen LogP contribution is 2.60. The average Bonchev–Trinajstić information content (AvgIpc) is 3.61. The fourth-order valence-corrected chi connectivity index (χ4v) is 6.69. The Morgan fingerprint density at radius 2 is 1.90 bits per heavy atom. The van der Waals surface area contributed by atoms with Crippen molar-refractivity contribution in [2.75, 3.05) is 24.7 Å². The van der Waals surface area contributed by atoms with Crippen LogP contribution >= 0.6 is 11.6 Å². The van der Waals surface area contributed by atoms with E-state index in [1.54, 1.807) is 36.4 Å². The average molecular weight is 565 g/mol. The van der Waals surface area contributed by atoms with Gasteiger partial charge >= 0.3 is 5.97 Å². The van der Waals surface area contributed by atoms with Gasteiger partial charge < -0.3 is 24.4 Å². The molecule has 8 nitrogen and oxygen atoms in total. The van der Waals surface area contributed by atoms with Crippen molar-refractivity contribution in [3.8, 4) is 0 Å². The number of halogens is 1. The minimum atomic E-state index is -1.24. The summed E-state index contributed by atoms with van der Waals surface area (Å²) in [6.45, 7) is 7.40. The zero-order chi connectivity index (χ0) is 28.4. The van der Waals surface area contributed by atoms with Gasteiger partial charge in [0.15, 0.2) is 0 Å². The molecule has 210 valence electrons. The van der Waals surface area contributed by atoms with E-state index < -0.39 is 54.1 Å². The molecule has 2 aromatic rings. The van der Waals surface area contributed by atoms with Crippen molar-refractivity contribution in [2.24, 2.45) is 11.8 Å². The number of ether oxygens (including phenoxy) is 2. The van der Waals surface area contributed by atoms with Crippen LogP contribution in [0.2, 0.25) is 5.02 Å². The largest absolute Gasteiger partial charge is 0.465 e. The third-order valence-electron chi connectivity index (χ3n) is 8.22. The maximum atomic E-state index is 14.6. The highest BCUT2D eigenvalue weighted by Gasteiger charge is 2.75. The topological polar surface area (TPSA) is 96.4 Å². The molecule has 0 aliphatic carbocycles. The van der Waals surface area contributed by atoms with Crippen LogP contribution in [0.25, 0.3) is 0 Å². The van der Waals surface area contributed by atoms with Gasteiger partial charge in [-0.25, -0.2) is 0 Å². The number of carbonyl (C=O) groups excluding carboxylic acids is 3. The first-order valence-electron chi connectivity index (χ1n) is 13.5. The maximum absolute atomic E-state index is 14.6. The van der Waals surface area contributed by atoms with Gasteiger partial charge in [0.25, 0.3) is 5.91 Å². The number of benzene rings is 2. The Balaban J connectivity index is 1.60. The second-order valence-electron chi connectivity index (χ2n) is 10.4. The number of likely N-dealkylation sites (tertiary alicyclic amines) is 1. The number of aliphatic hydroxyl groups is 1. The summed E-state index contributed by atoms with van der Waals surface area (Å²) >= 11 is 6.11. The molecule has 3 aliphatic rings. The molecule has 2 aromatic carbocycles. The summed E-state index contributed by atoms with van der Waals surface area (Å²) in [6, 6.07) is 14.0. The van der Waals surface area contributed by atoms with E-state index in [-0.39, 0.29) is 19.1 Å². The molecule has 1 spiro atoms. The SMILES string of the molecule is C=CCCOC(=O)[C@@H]1[C@@H]2CCC3(O2)C(C(=O)N(CC=C)c2ccc(Cl)cc2)N([C@H](CO)c2ccccc2)C(=O)[C@H]13. The lowest BCUT2D eigenvalue weighted by molar-refractivity contribution is -0.155. The van der Waals surface area contributed by atoms with E-state index in [1.165, 1.54) is 9.80 Å². The predicted octanol–water partition coefficient (Wildman–Crippen LogP) is 4.09. The van der Waals surface area contributed by atoms with Crippen molar-refractivity contribution in [1.29, 1.82) is 0 Å². The summed E-state index contributed by atoms with van der Waals surface area (Å²) in [5, 5.41) is 11.1. The first-order chi connectivity index (χ1) is 19.4. The van der Waals surface area contributed by atoms with Gasteiger partial charge in [0.1, 0.15) is 11.6 Å². The normalized spacial score (nSPS) is 27.2. The van der Waals surface area contributed by atoms with E-state index in [1.807, 2.05) is 30.3 Å². The maximum Gasteiger partial charge on any atom is 0.312 e. The second-order valence-corrected chi connectivity index (χ2v) is 10.8. The lowest BCUT2D eigenvalue weighted by Crippen LogP contribution is -2.57. The van der Waals surface area contributed by atoms with E-state index in [2.05, 4.69) is 13.2 Å². The molecule has 0 saturated carbocycles. The standard InChI is InChI=1S/C31H33ClN2O6/c1-3-5-18-39-30(38)25-24-15-16-31(40-24)26(25)28(36)34(23(19-35)20-9-7-6-8-10-20)27(31)29(37)33(17-4-2)22-13-11-21(32)12-14-22/h3-4,6-14,23-27,35H,1-2,5,15-19H2/t23-,24+,25-,26+,27?,31?/m1/s1. The first-order valence-corrected chi connectivity index (χ1v) is 13.9. The number of carbonyl (C=O) groups is 3. The molecular weight excluding hydrogens is 532 g/mol. The molecule has 3 heterocycles. The van der Waals surface area contributed by atoms with Gasteiger partial charge in [-0.15, -0.1) is 13.2 Å². The van der Waals surface area contributed by atoms with Gasteiger partial charge in [-0.05, 0) is 49.1 Å². The van der Waals surface area contributed by atoms with Crippen molar-refractivity contribution < 1.29 is 29.0 Å². The molecule has 0 radical (unpaired) electrons. The number of esters is 1. The van der Waals surface area contributed by atoms with Gasteiger partial charge in [0.2, 0.25) is 5.91 Å². The van der Waals surface area contributed by atoms with Gasteiger partial charge in [-0.2, -0.15) is 0 Å². The van der Waals surface area contributed by atoms with Crippen LogP contribution in [-0.2, 0) is 23.9 Å². The Bertz CT molecular complexity index is 1280. The van der Waals surface area contributed by atoms with Gasteiger partial charge in [-0.1, -0.05) is 54.1 Å². The molecule has 3 aliphatic heterocycles. The Morgan fingerprint density at radius 3 is 2.55 bits per heavy atom. The summed E-state index contributed by atoms with van der Waals surface area (Å²) in [5.74, 6) is -3.05. The van der Waals surface area contributed by atoms with Crippen LogP contribution in [0, 0.1) is 11.8 Å². The smallest absolute Gasteiger partial charge is 0.312 e. The van der Waals surface area contributed by atoms with E-state index in [9.17, 15) is 19.5 Å². The minimum Gasteiger partial charge on any atom is -0.465 e. The third kappa shape index (κ3) is 4.64. The van der Waals surface area contributed by atoms with E-state index in [0.29, 0.717) is 35.5 Å². The number of fused-ring (bicyclic) bond motifs is 1. The molecule has 3 fully saturated rings. The number of hydrogen-bond acceptors (Lipinski definition) is 6. The summed E-state index contributed by atoms with van der Waals surface area (Å²) < 4.78 is 12.0. The van der Waals surface area contributed by atoms with Crippen LogP contribution in [-0.4, -0.2) is 65.3 Å². The van der Waals surface area contributed by atoms with Crippen LogP contribution in [0.4, 0.5) is 5.69 Å². The fraction of sp³-hybridized carbons (Fsp3) is 0.387. The second kappa shape index (κ2) is 11.6. The van der Waals surface area contributed by atoms with E-state index in [0.717, 1.165) is 0 Å². The molecule has 1 N–H and O–H groups in total. The molecule has 0 aromatic heterocycles. The van der Waals surface area contributed by atoms with Crippen LogP contribution in [0.3, 0.4) is 0 Å². The highest BCUT2D eigenvalue weighted by atomic mass is 35.5. The number of nitrogens with zero attached hydrogens (tertiary/aromatic N) is 2. The minimum absolute atomic E-state index is 0.151. The Kier molecular flexibility index (Phi) is 8.12. The monoisotopic (exact) mass is 564 g/mol. The summed E-state index contributed by atoms with van der Waals surface area (Å²) in [7, 11) is 0. The number of anilines is 1. The van der Waals surface area contributed by atoms with Crippen molar-refractivity contribution >= 4 is 35.1 Å². The number of amides is 2. The van der Waals surface area contributed by atoms with Crippen LogP contribution in [0.15, 0.2) is 79.9 Å². The van der Waals surface area contributed by atoms with Gasteiger partial charge in [0.05, 0.1) is 37.2 Å². The lowest BCUT2D eigenvalue weighted by atomic mass is 9.70. The Morgan fingerprint density at radius 1 is 1.18 bits per heavy atom. The number of hydrogen-bond donors (Lipinski definition) is 1. The molecule has 40 heavy (non-hydrogen) atoms. The lowest BCUT2D eigenvalue weighted by Gasteiger charge is -2.39. The van der Waals surface area contributed by atoms with Gasteiger partial charge in [0, 0.05) is 17.3 Å². The molecule has 2 bridgehead atoms. The molecule has 2 unspecified atom stereocenters. The van der Waals surface area contributed by atoms with Crippen molar-refractivity contribution in [3.05, 3.63) is 90.5 Å². The molecule has 6 atom stereocenters.